The van der Waals surface area contributed by atoms with Crippen molar-refractivity contribution in [1.82, 2.24) is 5.32 Å². The van der Waals surface area contributed by atoms with Crippen LogP contribution in [0.1, 0.15) is 19.3 Å². The highest BCUT2D eigenvalue weighted by Crippen LogP contribution is 2.41. The van der Waals surface area contributed by atoms with Gasteiger partial charge in [0.2, 0.25) is 5.91 Å². The first-order chi connectivity index (χ1) is 6.13. The lowest BCUT2D eigenvalue weighted by Gasteiger charge is -2.35. The van der Waals surface area contributed by atoms with Gasteiger partial charge >= 0.3 is 5.97 Å². The van der Waals surface area contributed by atoms with Gasteiger partial charge in [-0.1, -0.05) is 6.42 Å². The van der Waals surface area contributed by atoms with E-state index in [9.17, 15) is 9.59 Å². The molecule has 0 bridgehead atoms. The summed E-state index contributed by atoms with van der Waals surface area (Å²) in [5.41, 5.74) is 4.04. The van der Waals surface area contributed by atoms with E-state index in [2.05, 4.69) is 5.32 Å². The molecular weight excluding hydrogens is 172 g/mol. The van der Waals surface area contributed by atoms with Crippen molar-refractivity contribution in [3.63, 3.8) is 0 Å². The van der Waals surface area contributed by atoms with Gasteiger partial charge in [0.25, 0.3) is 0 Å². The Kier molecular flexibility index (Phi) is 2.87. The summed E-state index contributed by atoms with van der Waals surface area (Å²) in [5, 5.41) is 11.4. The molecule has 0 heterocycles. The zero-order chi connectivity index (χ0) is 9.90. The van der Waals surface area contributed by atoms with E-state index < -0.39 is 17.3 Å². The Morgan fingerprint density at radius 1 is 1.46 bits per heavy atom. The number of rotatable bonds is 4. The molecule has 1 amide bonds. The molecule has 0 aromatic rings. The van der Waals surface area contributed by atoms with Crippen LogP contribution >= 0.6 is 0 Å². The first-order valence-corrected chi connectivity index (χ1v) is 4.35. The third kappa shape index (κ3) is 1.65. The Morgan fingerprint density at radius 3 is 2.38 bits per heavy atom. The summed E-state index contributed by atoms with van der Waals surface area (Å²) in [4.78, 5) is 22.2. The van der Waals surface area contributed by atoms with E-state index >= 15 is 0 Å². The van der Waals surface area contributed by atoms with Crippen molar-refractivity contribution < 1.29 is 14.7 Å². The van der Waals surface area contributed by atoms with E-state index in [4.69, 9.17) is 10.8 Å². The van der Waals surface area contributed by atoms with Crippen LogP contribution in [-0.2, 0) is 9.59 Å². The van der Waals surface area contributed by atoms with Crippen LogP contribution in [-0.4, -0.2) is 30.1 Å². The lowest BCUT2D eigenvalue weighted by Crippen LogP contribution is -2.51. The minimum Gasteiger partial charge on any atom is -0.480 e. The SMILES string of the molecule is NCCNC(=O)C1(C(=O)O)CCC1. The van der Waals surface area contributed by atoms with Crippen LogP contribution < -0.4 is 11.1 Å². The van der Waals surface area contributed by atoms with E-state index in [1.54, 1.807) is 0 Å². The molecule has 74 valence electrons. The zero-order valence-electron chi connectivity index (χ0n) is 7.38. The van der Waals surface area contributed by atoms with Gasteiger partial charge in [-0.15, -0.1) is 0 Å². The van der Waals surface area contributed by atoms with Gasteiger partial charge in [-0.25, -0.2) is 0 Å². The molecular formula is C8H14N2O3. The maximum Gasteiger partial charge on any atom is 0.319 e. The maximum atomic E-state index is 11.4. The van der Waals surface area contributed by atoms with Crippen molar-refractivity contribution in [2.45, 2.75) is 19.3 Å². The van der Waals surface area contributed by atoms with Gasteiger partial charge in [0, 0.05) is 13.1 Å². The number of carboxylic acids is 1. The van der Waals surface area contributed by atoms with E-state index in [0.717, 1.165) is 6.42 Å². The van der Waals surface area contributed by atoms with Crippen LogP contribution in [0.4, 0.5) is 0 Å². The van der Waals surface area contributed by atoms with Gasteiger partial charge in [-0.05, 0) is 12.8 Å². The molecule has 0 aromatic carbocycles. The Labute approximate surface area is 76.3 Å². The third-order valence-corrected chi connectivity index (χ3v) is 2.48. The molecule has 0 atom stereocenters. The average Bonchev–Trinajstić information content (AvgIpc) is 1.97. The molecule has 5 nitrogen and oxygen atoms in total. The fourth-order valence-electron chi connectivity index (χ4n) is 1.42. The maximum absolute atomic E-state index is 11.4. The van der Waals surface area contributed by atoms with Gasteiger partial charge in [0.05, 0.1) is 0 Å². The fourth-order valence-corrected chi connectivity index (χ4v) is 1.42. The Hall–Kier alpha value is -1.10. The van der Waals surface area contributed by atoms with Gasteiger partial charge in [-0.3, -0.25) is 9.59 Å². The average molecular weight is 186 g/mol. The normalized spacial score (nSPS) is 18.8. The van der Waals surface area contributed by atoms with E-state index in [1.807, 2.05) is 0 Å². The van der Waals surface area contributed by atoms with Crippen LogP contribution in [0, 0.1) is 5.41 Å². The fraction of sp³-hybridized carbons (Fsp3) is 0.750. The number of carboxylic acid groups (broad SMARTS) is 1. The molecule has 1 fully saturated rings. The van der Waals surface area contributed by atoms with Gasteiger partial charge in [0.1, 0.15) is 5.41 Å². The van der Waals surface area contributed by atoms with Crippen LogP contribution in [0.15, 0.2) is 0 Å². The molecule has 4 N–H and O–H groups in total. The number of carbonyl (C=O) groups excluding carboxylic acids is 1. The topological polar surface area (TPSA) is 92.4 Å². The Morgan fingerprint density at radius 2 is 2.08 bits per heavy atom. The van der Waals surface area contributed by atoms with E-state index in [-0.39, 0.29) is 0 Å². The first kappa shape index (κ1) is 9.98. The number of carbonyl (C=O) groups is 2. The minimum atomic E-state index is -1.16. The highest BCUT2D eigenvalue weighted by Gasteiger charge is 2.50. The second kappa shape index (κ2) is 3.74. The summed E-state index contributed by atoms with van der Waals surface area (Å²) in [6, 6.07) is 0. The van der Waals surface area contributed by atoms with Crippen molar-refractivity contribution in [1.29, 1.82) is 0 Å². The number of aliphatic carboxylic acids is 1. The van der Waals surface area contributed by atoms with E-state index in [1.165, 1.54) is 0 Å². The van der Waals surface area contributed by atoms with Gasteiger partial charge < -0.3 is 16.2 Å². The highest BCUT2D eigenvalue weighted by atomic mass is 16.4. The largest absolute Gasteiger partial charge is 0.480 e. The lowest BCUT2D eigenvalue weighted by molar-refractivity contribution is -0.162. The highest BCUT2D eigenvalue weighted by molar-refractivity contribution is 6.02. The predicted octanol–water partition coefficient (Wildman–Crippen LogP) is -0.684. The van der Waals surface area contributed by atoms with Crippen LogP contribution in [0.5, 0.6) is 0 Å². The smallest absolute Gasteiger partial charge is 0.319 e. The van der Waals surface area contributed by atoms with Crippen LogP contribution in [0.3, 0.4) is 0 Å². The summed E-state index contributed by atoms with van der Waals surface area (Å²) in [7, 11) is 0. The number of nitrogens with two attached hydrogens (primary N) is 1. The van der Waals surface area contributed by atoms with Crippen molar-refractivity contribution in [3.8, 4) is 0 Å². The Balaban J connectivity index is 2.56. The second-order valence-corrected chi connectivity index (χ2v) is 3.29. The monoisotopic (exact) mass is 186 g/mol. The minimum absolute atomic E-state index is 0.335. The van der Waals surface area contributed by atoms with Crippen molar-refractivity contribution in [2.75, 3.05) is 13.1 Å². The van der Waals surface area contributed by atoms with Crippen molar-refractivity contribution >= 4 is 11.9 Å². The van der Waals surface area contributed by atoms with Gasteiger partial charge in [-0.2, -0.15) is 0 Å². The molecule has 0 saturated heterocycles. The molecule has 0 aliphatic heterocycles. The first-order valence-electron chi connectivity index (χ1n) is 4.35. The number of hydrogen-bond acceptors (Lipinski definition) is 3. The zero-order valence-corrected chi connectivity index (χ0v) is 7.38. The summed E-state index contributed by atoms with van der Waals surface area (Å²) < 4.78 is 0. The number of hydrogen-bond donors (Lipinski definition) is 3. The molecule has 1 aliphatic rings. The summed E-state index contributed by atoms with van der Waals surface area (Å²) in [6.45, 7) is 0.676. The van der Waals surface area contributed by atoms with Crippen molar-refractivity contribution in [2.24, 2.45) is 11.1 Å². The molecule has 0 spiro atoms. The molecule has 13 heavy (non-hydrogen) atoms. The Bertz CT molecular complexity index is 223. The summed E-state index contributed by atoms with van der Waals surface area (Å²) in [5.74, 6) is -1.41. The van der Waals surface area contributed by atoms with Gasteiger partial charge in [0.15, 0.2) is 0 Å². The standard InChI is InChI=1S/C8H14N2O3/c9-4-5-10-6(11)8(7(12)13)2-1-3-8/h1-5,9H2,(H,10,11)(H,12,13). The van der Waals surface area contributed by atoms with Crippen LogP contribution in [0.25, 0.3) is 0 Å². The van der Waals surface area contributed by atoms with Crippen molar-refractivity contribution in [3.05, 3.63) is 0 Å². The molecule has 1 saturated carbocycles. The summed E-state index contributed by atoms with van der Waals surface area (Å²) >= 11 is 0. The lowest BCUT2D eigenvalue weighted by atomic mass is 9.68. The second-order valence-electron chi connectivity index (χ2n) is 3.29. The summed E-state index contributed by atoms with van der Waals surface area (Å²) in [6.07, 6.45) is 1.69. The molecule has 1 rings (SSSR count). The quantitative estimate of drug-likeness (QED) is 0.507. The molecule has 1 aliphatic carbocycles. The molecule has 5 heteroatoms. The predicted molar refractivity (Wildman–Crippen MR) is 46.0 cm³/mol. The molecule has 0 radical (unpaired) electrons. The van der Waals surface area contributed by atoms with Crippen LogP contribution in [0.2, 0.25) is 0 Å². The molecule has 0 unspecified atom stereocenters. The van der Waals surface area contributed by atoms with E-state index in [0.29, 0.717) is 25.9 Å². The number of nitrogens with one attached hydrogen (secondary N) is 1. The third-order valence-electron chi connectivity index (χ3n) is 2.48. The number of amides is 1. The molecule has 0 aromatic heterocycles.